The van der Waals surface area contributed by atoms with Crippen molar-refractivity contribution < 1.29 is 9.59 Å². The van der Waals surface area contributed by atoms with E-state index in [0.717, 1.165) is 10.4 Å². The van der Waals surface area contributed by atoms with Crippen LogP contribution in [0.15, 0.2) is 6.07 Å². The molecule has 0 spiro atoms. The first-order valence-electron chi connectivity index (χ1n) is 5.28. The topological polar surface area (TPSA) is 89.4 Å². The van der Waals surface area contributed by atoms with Crippen molar-refractivity contribution in [2.75, 3.05) is 20.1 Å². The summed E-state index contributed by atoms with van der Waals surface area (Å²) in [5.41, 5.74) is 11.3. The summed E-state index contributed by atoms with van der Waals surface area (Å²) in [6, 6.07) is 1.75. The van der Waals surface area contributed by atoms with Gasteiger partial charge in [-0.2, -0.15) is 0 Å². The fourth-order valence-electron chi connectivity index (χ4n) is 1.34. The number of hydrogen-bond acceptors (Lipinski definition) is 4. The number of hydrogen-bond donors (Lipinski definition) is 2. The van der Waals surface area contributed by atoms with E-state index in [2.05, 4.69) is 11.8 Å². The average molecular weight is 265 g/mol. The van der Waals surface area contributed by atoms with E-state index in [4.69, 9.17) is 11.5 Å². The summed E-state index contributed by atoms with van der Waals surface area (Å²) in [6.07, 6.45) is 0. The zero-order chi connectivity index (χ0) is 13.7. The number of amides is 2. The first kappa shape index (κ1) is 14.2. The lowest BCUT2D eigenvalue weighted by atomic mass is 10.2. The summed E-state index contributed by atoms with van der Waals surface area (Å²) < 4.78 is 0. The van der Waals surface area contributed by atoms with E-state index in [1.54, 1.807) is 6.07 Å². The predicted molar refractivity (Wildman–Crippen MR) is 71.1 cm³/mol. The SMILES string of the molecule is Cc1cc(C(=O)N(C)CC(N)=O)sc1C#CCN. The number of carbonyl (C=O) groups is 2. The molecule has 6 heteroatoms. The molecule has 0 aliphatic rings. The smallest absolute Gasteiger partial charge is 0.264 e. The number of nitrogens with zero attached hydrogens (tertiary/aromatic N) is 1. The van der Waals surface area contributed by atoms with Crippen LogP contribution in [0.4, 0.5) is 0 Å². The predicted octanol–water partition coefficient (Wildman–Crippen LogP) is -0.0760. The first-order chi connectivity index (χ1) is 8.45. The largest absolute Gasteiger partial charge is 0.368 e. The summed E-state index contributed by atoms with van der Waals surface area (Å²) >= 11 is 1.29. The minimum absolute atomic E-state index is 0.0976. The van der Waals surface area contributed by atoms with Crippen molar-refractivity contribution in [1.82, 2.24) is 4.90 Å². The standard InChI is InChI=1S/C12H15N3O2S/c1-8-6-10(18-9(8)4-3-5-13)12(17)15(2)7-11(14)16/h6H,5,7,13H2,1-2H3,(H2,14,16). The Balaban J connectivity index is 2.90. The third kappa shape index (κ3) is 3.58. The van der Waals surface area contributed by atoms with E-state index in [0.29, 0.717) is 4.88 Å². The molecule has 96 valence electrons. The van der Waals surface area contributed by atoms with Crippen molar-refractivity contribution in [3.63, 3.8) is 0 Å². The van der Waals surface area contributed by atoms with Crippen LogP contribution in [0.2, 0.25) is 0 Å². The molecule has 0 aliphatic carbocycles. The van der Waals surface area contributed by atoms with Crippen LogP contribution in [0.25, 0.3) is 0 Å². The van der Waals surface area contributed by atoms with E-state index < -0.39 is 5.91 Å². The van der Waals surface area contributed by atoms with Crippen molar-refractivity contribution in [3.8, 4) is 11.8 Å². The molecule has 0 fully saturated rings. The molecule has 1 heterocycles. The van der Waals surface area contributed by atoms with Crippen LogP contribution < -0.4 is 11.5 Å². The van der Waals surface area contributed by atoms with E-state index in [-0.39, 0.29) is 19.0 Å². The van der Waals surface area contributed by atoms with E-state index in [1.165, 1.54) is 23.3 Å². The van der Waals surface area contributed by atoms with Gasteiger partial charge < -0.3 is 16.4 Å². The van der Waals surface area contributed by atoms with Gasteiger partial charge in [-0.1, -0.05) is 11.8 Å². The second-order valence-electron chi connectivity index (χ2n) is 3.76. The Labute approximate surface area is 110 Å². The molecule has 0 aliphatic heterocycles. The molecule has 0 saturated carbocycles. The van der Waals surface area contributed by atoms with Gasteiger partial charge >= 0.3 is 0 Å². The molecule has 4 N–H and O–H groups in total. The monoisotopic (exact) mass is 265 g/mol. The fraction of sp³-hybridized carbons (Fsp3) is 0.333. The molecule has 0 atom stereocenters. The van der Waals surface area contributed by atoms with Crippen LogP contribution in [-0.4, -0.2) is 36.9 Å². The highest BCUT2D eigenvalue weighted by Gasteiger charge is 2.16. The van der Waals surface area contributed by atoms with Crippen molar-refractivity contribution >= 4 is 23.2 Å². The Kier molecular flexibility index (Phi) is 4.89. The van der Waals surface area contributed by atoms with Crippen molar-refractivity contribution in [3.05, 3.63) is 21.4 Å². The maximum Gasteiger partial charge on any atom is 0.264 e. The highest BCUT2D eigenvalue weighted by atomic mass is 32.1. The molecule has 1 rings (SSSR count). The minimum Gasteiger partial charge on any atom is -0.368 e. The van der Waals surface area contributed by atoms with Crippen LogP contribution in [0.1, 0.15) is 20.1 Å². The molecule has 1 aromatic rings. The molecule has 2 amide bonds. The third-order valence-corrected chi connectivity index (χ3v) is 3.31. The minimum atomic E-state index is -0.540. The molecule has 1 aromatic heterocycles. The molecule has 0 unspecified atom stereocenters. The van der Waals surface area contributed by atoms with Crippen molar-refractivity contribution in [2.24, 2.45) is 11.5 Å². The number of primary amides is 1. The van der Waals surface area contributed by atoms with Crippen molar-refractivity contribution in [2.45, 2.75) is 6.92 Å². The Morgan fingerprint density at radius 1 is 1.50 bits per heavy atom. The number of nitrogens with two attached hydrogens (primary N) is 2. The fourth-order valence-corrected chi connectivity index (χ4v) is 2.38. The average Bonchev–Trinajstić information content (AvgIpc) is 2.66. The first-order valence-corrected chi connectivity index (χ1v) is 6.10. The summed E-state index contributed by atoms with van der Waals surface area (Å²) in [7, 11) is 1.54. The molecule has 0 radical (unpaired) electrons. The maximum absolute atomic E-state index is 12.0. The van der Waals surface area contributed by atoms with Gasteiger partial charge in [-0.15, -0.1) is 11.3 Å². The Bertz CT molecular complexity index is 525. The van der Waals surface area contributed by atoms with Gasteiger partial charge in [0.25, 0.3) is 5.91 Å². The molecule has 5 nitrogen and oxygen atoms in total. The molecule has 0 bridgehead atoms. The van der Waals surface area contributed by atoms with Gasteiger partial charge in [0.05, 0.1) is 22.8 Å². The summed E-state index contributed by atoms with van der Waals surface area (Å²) in [5, 5.41) is 0. The quantitative estimate of drug-likeness (QED) is 0.749. The Hall–Kier alpha value is -1.84. The van der Waals surface area contributed by atoms with Gasteiger partial charge in [0.15, 0.2) is 0 Å². The number of aryl methyl sites for hydroxylation is 1. The summed E-state index contributed by atoms with van der Waals surface area (Å²) in [6.45, 7) is 2.06. The van der Waals surface area contributed by atoms with E-state index in [1.807, 2.05) is 6.92 Å². The zero-order valence-electron chi connectivity index (χ0n) is 10.3. The van der Waals surface area contributed by atoms with Gasteiger partial charge in [-0.25, -0.2) is 0 Å². The van der Waals surface area contributed by atoms with Gasteiger partial charge in [-0.05, 0) is 18.6 Å². The lowest BCUT2D eigenvalue weighted by Gasteiger charge is -2.13. The molecule has 0 aromatic carbocycles. The highest BCUT2D eigenvalue weighted by Crippen LogP contribution is 2.22. The van der Waals surface area contributed by atoms with Gasteiger partial charge in [0, 0.05) is 7.05 Å². The second-order valence-corrected chi connectivity index (χ2v) is 4.81. The molecule has 18 heavy (non-hydrogen) atoms. The van der Waals surface area contributed by atoms with Crippen LogP contribution in [-0.2, 0) is 4.79 Å². The lowest BCUT2D eigenvalue weighted by molar-refractivity contribution is -0.118. The molecule has 0 saturated heterocycles. The summed E-state index contributed by atoms with van der Waals surface area (Å²) in [4.78, 5) is 25.4. The summed E-state index contributed by atoms with van der Waals surface area (Å²) in [5.74, 6) is 4.88. The van der Waals surface area contributed by atoms with Crippen LogP contribution in [0.5, 0.6) is 0 Å². The van der Waals surface area contributed by atoms with E-state index in [9.17, 15) is 9.59 Å². The number of thiophene rings is 1. The third-order valence-electron chi connectivity index (χ3n) is 2.17. The number of carbonyl (C=O) groups excluding carboxylic acids is 2. The second kappa shape index (κ2) is 6.19. The van der Waals surface area contributed by atoms with Crippen LogP contribution >= 0.6 is 11.3 Å². The Morgan fingerprint density at radius 2 is 2.17 bits per heavy atom. The highest BCUT2D eigenvalue weighted by molar-refractivity contribution is 7.14. The zero-order valence-corrected chi connectivity index (χ0v) is 11.1. The lowest BCUT2D eigenvalue weighted by Crippen LogP contribution is -2.34. The molecular weight excluding hydrogens is 250 g/mol. The maximum atomic E-state index is 12.0. The van der Waals surface area contributed by atoms with Crippen molar-refractivity contribution in [1.29, 1.82) is 0 Å². The van der Waals surface area contributed by atoms with E-state index >= 15 is 0 Å². The molecular formula is C12H15N3O2S. The Morgan fingerprint density at radius 3 is 2.72 bits per heavy atom. The van der Waals surface area contributed by atoms with Gasteiger partial charge in [-0.3, -0.25) is 9.59 Å². The van der Waals surface area contributed by atoms with Crippen LogP contribution in [0.3, 0.4) is 0 Å². The van der Waals surface area contributed by atoms with Gasteiger partial charge in [0.1, 0.15) is 0 Å². The van der Waals surface area contributed by atoms with Gasteiger partial charge in [0.2, 0.25) is 5.91 Å². The normalized spacial score (nSPS) is 9.50. The number of likely N-dealkylation sites (N-methyl/N-ethyl adjacent to an activating group) is 1. The van der Waals surface area contributed by atoms with Crippen LogP contribution in [0, 0.1) is 18.8 Å². The number of rotatable bonds is 3.